The lowest BCUT2D eigenvalue weighted by Crippen LogP contribution is -2.31. The predicted octanol–water partition coefficient (Wildman–Crippen LogP) is 2.77. The Morgan fingerprint density at radius 1 is 1.55 bits per heavy atom. The van der Waals surface area contributed by atoms with Crippen LogP contribution in [0.1, 0.15) is 41.2 Å². The molecule has 2 rings (SSSR count). The molecule has 1 saturated heterocycles. The van der Waals surface area contributed by atoms with Crippen LogP contribution in [0.15, 0.2) is 30.9 Å². The molecule has 0 saturated carbocycles. The number of ether oxygens (including phenoxy) is 1. The van der Waals surface area contributed by atoms with E-state index in [1.165, 1.54) is 12.8 Å². The molecule has 0 bridgehead atoms. The molecule has 1 aromatic carbocycles. The quantitative estimate of drug-likeness (QED) is 0.521. The van der Waals surface area contributed by atoms with E-state index in [0.717, 1.165) is 18.5 Å². The number of piperidine rings is 1. The summed E-state index contributed by atoms with van der Waals surface area (Å²) >= 11 is 0. The molecule has 1 unspecified atom stereocenters. The molecule has 0 aromatic heterocycles. The highest BCUT2D eigenvalue weighted by molar-refractivity contribution is 5.92. The monoisotopic (exact) mass is 274 g/mol. The Hall–Kier alpha value is -1.81. The molecule has 1 heterocycles. The number of nitrogen functional groups attached to an aromatic ring is 1. The van der Waals surface area contributed by atoms with Crippen LogP contribution in [0.5, 0.6) is 0 Å². The number of carbonyl (C=O) groups excluding carboxylic acids is 1. The largest absolute Gasteiger partial charge is 0.458 e. The van der Waals surface area contributed by atoms with Crippen molar-refractivity contribution in [1.82, 2.24) is 4.90 Å². The van der Waals surface area contributed by atoms with Gasteiger partial charge in [-0.25, -0.2) is 4.79 Å². The molecule has 1 atom stereocenters. The van der Waals surface area contributed by atoms with Crippen LogP contribution in [-0.4, -0.2) is 31.1 Å². The standard InChI is InChI=1S/C16H22N2O2/c1-3-10-20-16(19)13-8-7-12(17)11-14(13)15-6-4-5-9-18(15)2/h3,7-8,11,15H,1,4-6,9-10,17H2,2H3. The molecular weight excluding hydrogens is 252 g/mol. The molecule has 1 aliphatic heterocycles. The summed E-state index contributed by atoms with van der Waals surface area (Å²) in [6, 6.07) is 5.64. The molecule has 20 heavy (non-hydrogen) atoms. The van der Waals surface area contributed by atoms with Crippen LogP contribution in [0.3, 0.4) is 0 Å². The van der Waals surface area contributed by atoms with Gasteiger partial charge in [-0.05, 0) is 50.2 Å². The Morgan fingerprint density at radius 3 is 3.05 bits per heavy atom. The maximum Gasteiger partial charge on any atom is 0.338 e. The van der Waals surface area contributed by atoms with E-state index in [9.17, 15) is 4.79 Å². The van der Waals surface area contributed by atoms with Crippen molar-refractivity contribution < 1.29 is 9.53 Å². The van der Waals surface area contributed by atoms with Gasteiger partial charge in [0.15, 0.2) is 0 Å². The fourth-order valence-corrected chi connectivity index (χ4v) is 2.72. The van der Waals surface area contributed by atoms with E-state index >= 15 is 0 Å². The molecular formula is C16H22N2O2. The Labute approximate surface area is 120 Å². The number of hydrogen-bond acceptors (Lipinski definition) is 4. The van der Waals surface area contributed by atoms with Crippen molar-refractivity contribution in [1.29, 1.82) is 0 Å². The summed E-state index contributed by atoms with van der Waals surface area (Å²) in [4.78, 5) is 14.4. The highest BCUT2D eigenvalue weighted by Crippen LogP contribution is 2.33. The SMILES string of the molecule is C=CCOC(=O)c1ccc(N)cc1C1CCCCN1C. The molecule has 4 heteroatoms. The van der Waals surface area contributed by atoms with Gasteiger partial charge < -0.3 is 10.5 Å². The zero-order chi connectivity index (χ0) is 14.5. The third-order valence-electron chi connectivity index (χ3n) is 3.76. The summed E-state index contributed by atoms with van der Waals surface area (Å²) < 4.78 is 5.17. The first-order chi connectivity index (χ1) is 9.63. The van der Waals surface area contributed by atoms with Crippen LogP contribution in [0, 0.1) is 0 Å². The highest BCUT2D eigenvalue weighted by atomic mass is 16.5. The van der Waals surface area contributed by atoms with Crippen LogP contribution in [0.2, 0.25) is 0 Å². The maximum absolute atomic E-state index is 12.2. The average molecular weight is 274 g/mol. The zero-order valence-corrected chi connectivity index (χ0v) is 12.0. The van der Waals surface area contributed by atoms with Gasteiger partial charge in [0.05, 0.1) is 5.56 Å². The first-order valence-corrected chi connectivity index (χ1v) is 7.01. The number of esters is 1. The maximum atomic E-state index is 12.2. The topological polar surface area (TPSA) is 55.6 Å². The minimum atomic E-state index is -0.307. The van der Waals surface area contributed by atoms with Gasteiger partial charge in [0.2, 0.25) is 0 Å². The number of carbonyl (C=O) groups is 1. The molecule has 1 aliphatic rings. The van der Waals surface area contributed by atoms with Gasteiger partial charge in [-0.1, -0.05) is 19.1 Å². The Bertz CT molecular complexity index is 499. The van der Waals surface area contributed by atoms with Crippen molar-refractivity contribution in [3.63, 3.8) is 0 Å². The first-order valence-electron chi connectivity index (χ1n) is 7.01. The van der Waals surface area contributed by atoms with E-state index in [0.29, 0.717) is 11.3 Å². The van der Waals surface area contributed by atoms with Gasteiger partial charge in [0.25, 0.3) is 0 Å². The van der Waals surface area contributed by atoms with Gasteiger partial charge in [0, 0.05) is 11.7 Å². The molecule has 0 amide bonds. The third kappa shape index (κ3) is 3.20. The Kier molecular flexibility index (Phi) is 4.79. The molecule has 4 nitrogen and oxygen atoms in total. The van der Waals surface area contributed by atoms with Gasteiger partial charge in [-0.3, -0.25) is 4.90 Å². The summed E-state index contributed by atoms with van der Waals surface area (Å²) in [5.41, 5.74) is 8.16. The Morgan fingerprint density at radius 2 is 2.35 bits per heavy atom. The fraction of sp³-hybridized carbons (Fsp3) is 0.438. The Balaban J connectivity index is 2.32. The fourth-order valence-electron chi connectivity index (χ4n) is 2.72. The van der Waals surface area contributed by atoms with Gasteiger partial charge in [-0.15, -0.1) is 0 Å². The minimum Gasteiger partial charge on any atom is -0.458 e. The smallest absolute Gasteiger partial charge is 0.338 e. The van der Waals surface area contributed by atoms with Crippen molar-refractivity contribution >= 4 is 11.7 Å². The summed E-state index contributed by atoms with van der Waals surface area (Å²) in [5.74, 6) is -0.307. The molecule has 1 fully saturated rings. The number of rotatable bonds is 4. The number of anilines is 1. The number of benzene rings is 1. The van der Waals surface area contributed by atoms with Crippen LogP contribution < -0.4 is 5.73 Å². The van der Waals surface area contributed by atoms with Gasteiger partial charge in [0.1, 0.15) is 6.61 Å². The van der Waals surface area contributed by atoms with Crippen LogP contribution in [-0.2, 0) is 4.74 Å². The van der Waals surface area contributed by atoms with Crippen molar-refractivity contribution in [2.24, 2.45) is 0 Å². The number of likely N-dealkylation sites (tertiary alicyclic amines) is 1. The summed E-state index contributed by atoms with van der Waals surface area (Å²) in [7, 11) is 2.09. The normalized spacial score (nSPS) is 19.6. The second kappa shape index (κ2) is 6.57. The van der Waals surface area contributed by atoms with Crippen LogP contribution >= 0.6 is 0 Å². The number of hydrogen-bond donors (Lipinski definition) is 1. The van der Waals surface area contributed by atoms with Crippen molar-refractivity contribution in [3.8, 4) is 0 Å². The van der Waals surface area contributed by atoms with E-state index < -0.39 is 0 Å². The van der Waals surface area contributed by atoms with E-state index in [2.05, 4.69) is 18.5 Å². The van der Waals surface area contributed by atoms with E-state index in [4.69, 9.17) is 10.5 Å². The molecule has 1 aromatic rings. The zero-order valence-electron chi connectivity index (χ0n) is 12.0. The van der Waals surface area contributed by atoms with Crippen molar-refractivity contribution in [2.45, 2.75) is 25.3 Å². The number of nitrogens with zero attached hydrogens (tertiary/aromatic N) is 1. The lowest BCUT2D eigenvalue weighted by atomic mass is 9.92. The van der Waals surface area contributed by atoms with Crippen LogP contribution in [0.25, 0.3) is 0 Å². The van der Waals surface area contributed by atoms with Gasteiger partial charge >= 0.3 is 5.97 Å². The molecule has 108 valence electrons. The third-order valence-corrected chi connectivity index (χ3v) is 3.76. The van der Waals surface area contributed by atoms with E-state index in [1.807, 2.05) is 6.07 Å². The van der Waals surface area contributed by atoms with E-state index in [-0.39, 0.29) is 18.6 Å². The number of nitrogens with two attached hydrogens (primary N) is 1. The van der Waals surface area contributed by atoms with Crippen LogP contribution in [0.4, 0.5) is 5.69 Å². The summed E-state index contributed by atoms with van der Waals surface area (Å²) in [6.45, 7) is 4.83. The second-order valence-electron chi connectivity index (χ2n) is 5.23. The van der Waals surface area contributed by atoms with Gasteiger partial charge in [-0.2, -0.15) is 0 Å². The molecule has 0 aliphatic carbocycles. The lowest BCUT2D eigenvalue weighted by Gasteiger charge is -2.33. The minimum absolute atomic E-state index is 0.225. The summed E-state index contributed by atoms with van der Waals surface area (Å²) in [5, 5.41) is 0. The highest BCUT2D eigenvalue weighted by Gasteiger charge is 2.25. The second-order valence-corrected chi connectivity index (χ2v) is 5.23. The molecule has 0 radical (unpaired) electrons. The molecule has 0 spiro atoms. The average Bonchev–Trinajstić information content (AvgIpc) is 2.45. The van der Waals surface area contributed by atoms with Crippen molar-refractivity contribution in [3.05, 3.63) is 42.0 Å². The lowest BCUT2D eigenvalue weighted by molar-refractivity contribution is 0.0544. The van der Waals surface area contributed by atoms with E-state index in [1.54, 1.807) is 18.2 Å². The first kappa shape index (κ1) is 14.6. The molecule has 2 N–H and O–H groups in total. The summed E-state index contributed by atoms with van der Waals surface area (Å²) in [6.07, 6.45) is 4.99. The predicted molar refractivity (Wildman–Crippen MR) is 80.6 cm³/mol. The van der Waals surface area contributed by atoms with Crippen molar-refractivity contribution in [2.75, 3.05) is 25.9 Å².